The molecular formula is C19H18N4O2S. The van der Waals surface area contributed by atoms with Crippen molar-refractivity contribution in [2.75, 3.05) is 11.4 Å². The molecule has 2 aromatic carbocycles. The van der Waals surface area contributed by atoms with Gasteiger partial charge in [-0.1, -0.05) is 30.3 Å². The van der Waals surface area contributed by atoms with Gasteiger partial charge in [-0.05, 0) is 23.8 Å². The number of anilines is 1. The van der Waals surface area contributed by atoms with Gasteiger partial charge in [0.15, 0.2) is 5.82 Å². The van der Waals surface area contributed by atoms with Gasteiger partial charge in [-0.25, -0.2) is 4.79 Å². The van der Waals surface area contributed by atoms with E-state index in [1.54, 1.807) is 16.4 Å². The number of amides is 3. The summed E-state index contributed by atoms with van der Waals surface area (Å²) in [5, 5.41) is 7.76. The van der Waals surface area contributed by atoms with Crippen LogP contribution in [0.25, 0.3) is 10.9 Å². The van der Waals surface area contributed by atoms with Crippen molar-refractivity contribution in [1.82, 2.24) is 15.1 Å². The number of urea groups is 1. The summed E-state index contributed by atoms with van der Waals surface area (Å²) in [5.74, 6) is 1.24. The number of rotatable bonds is 4. The number of aromatic nitrogens is 2. The summed E-state index contributed by atoms with van der Waals surface area (Å²) in [6.45, 7) is 0.349. The van der Waals surface area contributed by atoms with Crippen LogP contribution in [0.5, 0.6) is 0 Å². The molecule has 132 valence electrons. The molecule has 1 aromatic heterocycles. The van der Waals surface area contributed by atoms with Gasteiger partial charge in [-0.3, -0.25) is 19.7 Å². The first-order valence-corrected chi connectivity index (χ1v) is 9.35. The lowest BCUT2D eigenvalue weighted by Crippen LogP contribution is -2.49. The molecule has 0 radical (unpaired) electrons. The van der Waals surface area contributed by atoms with Crippen LogP contribution in [0.3, 0.4) is 0 Å². The molecule has 3 aromatic rings. The van der Waals surface area contributed by atoms with Crippen LogP contribution in [0.4, 0.5) is 10.6 Å². The second-order valence-electron chi connectivity index (χ2n) is 6.16. The molecular weight excluding hydrogens is 348 g/mol. The van der Waals surface area contributed by atoms with E-state index in [2.05, 4.69) is 28.6 Å². The Kier molecular flexibility index (Phi) is 4.38. The maximum absolute atomic E-state index is 12.1. The average molecular weight is 366 g/mol. The predicted molar refractivity (Wildman–Crippen MR) is 102 cm³/mol. The largest absolute Gasteiger partial charge is 0.329 e. The Morgan fingerprint density at radius 2 is 1.96 bits per heavy atom. The molecule has 6 nitrogen and oxygen atoms in total. The van der Waals surface area contributed by atoms with E-state index in [0.717, 1.165) is 21.6 Å². The minimum absolute atomic E-state index is 0.244. The number of nitrogens with zero attached hydrogens (tertiary/aromatic N) is 3. The van der Waals surface area contributed by atoms with E-state index in [1.807, 2.05) is 37.4 Å². The quantitative estimate of drug-likeness (QED) is 0.720. The van der Waals surface area contributed by atoms with Crippen molar-refractivity contribution < 1.29 is 9.59 Å². The SMILES string of the molecule is Cn1nc(N2CCC(=O)NC2=O)c2ccc(SCc3ccccc3)cc21. The second kappa shape index (κ2) is 6.84. The summed E-state index contributed by atoms with van der Waals surface area (Å²) in [4.78, 5) is 26.2. The van der Waals surface area contributed by atoms with Crippen molar-refractivity contribution in [2.24, 2.45) is 7.05 Å². The monoisotopic (exact) mass is 366 g/mol. The standard InChI is InChI=1S/C19H18N4O2S/c1-22-16-11-14(26-12-13-5-3-2-4-6-13)7-8-15(16)18(21-22)23-10-9-17(24)20-19(23)25/h2-8,11H,9-10,12H2,1H3,(H,20,24,25). The molecule has 0 bridgehead atoms. The Bertz CT molecular complexity index is 984. The van der Waals surface area contributed by atoms with E-state index in [-0.39, 0.29) is 12.3 Å². The van der Waals surface area contributed by atoms with Crippen LogP contribution in [0.2, 0.25) is 0 Å². The van der Waals surface area contributed by atoms with Crippen molar-refractivity contribution in [3.8, 4) is 0 Å². The van der Waals surface area contributed by atoms with E-state index in [0.29, 0.717) is 12.4 Å². The van der Waals surface area contributed by atoms with Gasteiger partial charge in [-0.2, -0.15) is 5.10 Å². The molecule has 1 aliphatic rings. The van der Waals surface area contributed by atoms with Gasteiger partial charge in [0.2, 0.25) is 5.91 Å². The van der Waals surface area contributed by atoms with Gasteiger partial charge in [-0.15, -0.1) is 11.8 Å². The van der Waals surface area contributed by atoms with Crippen molar-refractivity contribution in [3.05, 3.63) is 54.1 Å². The number of thioether (sulfide) groups is 1. The van der Waals surface area contributed by atoms with Crippen molar-refractivity contribution in [1.29, 1.82) is 0 Å². The summed E-state index contributed by atoms with van der Waals surface area (Å²) < 4.78 is 1.78. The lowest BCUT2D eigenvalue weighted by molar-refractivity contribution is -0.120. The van der Waals surface area contributed by atoms with Crippen LogP contribution in [0.15, 0.2) is 53.4 Å². The smallest absolute Gasteiger partial charge is 0.278 e. The van der Waals surface area contributed by atoms with Crippen LogP contribution in [0.1, 0.15) is 12.0 Å². The highest BCUT2D eigenvalue weighted by molar-refractivity contribution is 7.98. The molecule has 0 unspecified atom stereocenters. The molecule has 2 heterocycles. The number of hydrogen-bond acceptors (Lipinski definition) is 4. The number of carbonyl (C=O) groups is 2. The molecule has 1 fully saturated rings. The fraction of sp³-hybridized carbons (Fsp3) is 0.211. The fourth-order valence-corrected chi connectivity index (χ4v) is 3.90. The molecule has 3 amide bonds. The van der Waals surface area contributed by atoms with E-state index >= 15 is 0 Å². The van der Waals surface area contributed by atoms with E-state index in [9.17, 15) is 9.59 Å². The van der Waals surface area contributed by atoms with Crippen LogP contribution in [-0.4, -0.2) is 28.3 Å². The summed E-state index contributed by atoms with van der Waals surface area (Å²) in [6.07, 6.45) is 0.287. The lowest BCUT2D eigenvalue weighted by Gasteiger charge is -2.24. The molecule has 0 atom stereocenters. The summed E-state index contributed by atoms with van der Waals surface area (Å²) >= 11 is 1.76. The van der Waals surface area contributed by atoms with Crippen molar-refractivity contribution in [3.63, 3.8) is 0 Å². The summed E-state index contributed by atoms with van der Waals surface area (Å²) in [7, 11) is 1.87. The van der Waals surface area contributed by atoms with E-state index < -0.39 is 6.03 Å². The third-order valence-corrected chi connectivity index (χ3v) is 5.43. The number of nitrogens with one attached hydrogen (secondary N) is 1. The third kappa shape index (κ3) is 3.17. The number of imide groups is 1. The summed E-state index contributed by atoms with van der Waals surface area (Å²) in [6, 6.07) is 16.1. The van der Waals surface area contributed by atoms with Crippen molar-refractivity contribution in [2.45, 2.75) is 17.1 Å². The van der Waals surface area contributed by atoms with Gasteiger partial charge < -0.3 is 0 Å². The zero-order chi connectivity index (χ0) is 18.1. The first kappa shape index (κ1) is 16.7. The average Bonchev–Trinajstić information content (AvgIpc) is 2.97. The van der Waals surface area contributed by atoms with Crippen LogP contribution in [-0.2, 0) is 17.6 Å². The topological polar surface area (TPSA) is 67.2 Å². The Morgan fingerprint density at radius 3 is 2.73 bits per heavy atom. The highest BCUT2D eigenvalue weighted by Gasteiger charge is 2.27. The minimum Gasteiger partial charge on any atom is -0.278 e. The van der Waals surface area contributed by atoms with Gasteiger partial charge in [0, 0.05) is 36.0 Å². The number of aryl methyl sites for hydroxylation is 1. The first-order chi connectivity index (χ1) is 12.6. The Labute approximate surface area is 155 Å². The second-order valence-corrected chi connectivity index (χ2v) is 7.20. The predicted octanol–water partition coefficient (Wildman–Crippen LogP) is 3.31. The fourth-order valence-electron chi connectivity index (χ4n) is 3.01. The van der Waals surface area contributed by atoms with E-state index in [1.165, 1.54) is 10.5 Å². The van der Waals surface area contributed by atoms with Gasteiger partial charge in [0.1, 0.15) is 0 Å². The normalized spacial score (nSPS) is 14.7. The number of fused-ring (bicyclic) bond motifs is 1. The molecule has 0 aliphatic carbocycles. The van der Waals surface area contributed by atoms with Gasteiger partial charge in [0.05, 0.1) is 5.52 Å². The molecule has 1 aliphatic heterocycles. The lowest BCUT2D eigenvalue weighted by atomic mass is 10.2. The van der Waals surface area contributed by atoms with Gasteiger partial charge >= 0.3 is 6.03 Å². The van der Waals surface area contributed by atoms with E-state index in [4.69, 9.17) is 0 Å². The Balaban J connectivity index is 1.60. The van der Waals surface area contributed by atoms with Crippen LogP contribution >= 0.6 is 11.8 Å². The summed E-state index contributed by atoms with van der Waals surface area (Å²) in [5.41, 5.74) is 2.24. The number of benzene rings is 2. The maximum atomic E-state index is 12.1. The van der Waals surface area contributed by atoms with Crippen LogP contribution < -0.4 is 10.2 Å². The Hall–Kier alpha value is -2.80. The molecule has 1 saturated heterocycles. The molecule has 4 rings (SSSR count). The zero-order valence-corrected chi connectivity index (χ0v) is 15.1. The minimum atomic E-state index is -0.413. The number of hydrogen-bond donors (Lipinski definition) is 1. The first-order valence-electron chi connectivity index (χ1n) is 8.36. The Morgan fingerprint density at radius 1 is 1.15 bits per heavy atom. The molecule has 1 N–H and O–H groups in total. The molecule has 7 heteroatoms. The molecule has 26 heavy (non-hydrogen) atoms. The van der Waals surface area contributed by atoms with Crippen molar-refractivity contribution >= 4 is 40.4 Å². The maximum Gasteiger partial charge on any atom is 0.329 e. The zero-order valence-electron chi connectivity index (χ0n) is 14.3. The highest BCUT2D eigenvalue weighted by atomic mass is 32.2. The molecule has 0 spiro atoms. The third-order valence-electron chi connectivity index (χ3n) is 4.36. The highest BCUT2D eigenvalue weighted by Crippen LogP contribution is 2.31. The van der Waals surface area contributed by atoms with Crippen LogP contribution in [0, 0.1) is 0 Å². The molecule has 0 saturated carbocycles. The number of carbonyl (C=O) groups excluding carboxylic acids is 2. The van der Waals surface area contributed by atoms with Gasteiger partial charge in [0.25, 0.3) is 0 Å².